The number of thioether (sulfide) groups is 1. The number of nitrogens with zero attached hydrogens (tertiary/aromatic N) is 1. The summed E-state index contributed by atoms with van der Waals surface area (Å²) in [5, 5.41) is 0.191. The number of benzene rings is 2. The van der Waals surface area contributed by atoms with Gasteiger partial charge in [0.05, 0.1) is 12.2 Å². The summed E-state index contributed by atoms with van der Waals surface area (Å²) in [6, 6.07) is 15.9. The first-order valence-corrected chi connectivity index (χ1v) is 19.2. The molecular weight excluding hydrogens is 627 g/mol. The maximum Gasteiger partial charge on any atom is 0.339 e. The van der Waals surface area contributed by atoms with Crippen LogP contribution < -0.4 is 9.47 Å². The van der Waals surface area contributed by atoms with Crippen molar-refractivity contribution in [1.82, 2.24) is 4.98 Å². The number of rotatable bonds is 12. The van der Waals surface area contributed by atoms with E-state index in [-0.39, 0.29) is 16.6 Å². The van der Waals surface area contributed by atoms with Crippen molar-refractivity contribution in [2.24, 2.45) is 0 Å². The van der Waals surface area contributed by atoms with Gasteiger partial charge in [-0.15, -0.1) is 11.8 Å². The van der Waals surface area contributed by atoms with Crippen LogP contribution in [-0.2, 0) is 27.4 Å². The van der Waals surface area contributed by atoms with Crippen molar-refractivity contribution < 1.29 is 23.2 Å². The van der Waals surface area contributed by atoms with Crippen molar-refractivity contribution in [2.45, 2.75) is 102 Å². The molecule has 0 radical (unpaired) electrons. The zero-order valence-corrected chi connectivity index (χ0v) is 30.2. The largest absolute Gasteiger partial charge is 0.462 e. The average Bonchev–Trinajstić information content (AvgIpc) is 3.54. The van der Waals surface area contributed by atoms with E-state index >= 15 is 0 Å². The quantitative estimate of drug-likeness (QED) is 0.108. The third-order valence-electron chi connectivity index (χ3n) is 8.41. The molecule has 2 aliphatic rings. The van der Waals surface area contributed by atoms with Gasteiger partial charge in [-0.3, -0.25) is 4.21 Å². The summed E-state index contributed by atoms with van der Waals surface area (Å²) < 4.78 is 28.0. The van der Waals surface area contributed by atoms with E-state index in [9.17, 15) is 9.00 Å². The Morgan fingerprint density at radius 3 is 2.55 bits per heavy atom. The second-order valence-corrected chi connectivity index (χ2v) is 15.8. The first-order valence-electron chi connectivity index (χ1n) is 16.9. The van der Waals surface area contributed by atoms with Gasteiger partial charge < -0.3 is 14.2 Å². The van der Waals surface area contributed by atoms with E-state index in [1.54, 1.807) is 19.1 Å². The lowest BCUT2D eigenvalue weighted by atomic mass is 9.81. The van der Waals surface area contributed by atoms with Gasteiger partial charge in [-0.05, 0) is 96.9 Å². The summed E-state index contributed by atoms with van der Waals surface area (Å²) >= 11 is 1.92. The van der Waals surface area contributed by atoms with Gasteiger partial charge in [0.1, 0.15) is 5.69 Å². The Balaban J connectivity index is 0.000000215. The van der Waals surface area contributed by atoms with E-state index in [2.05, 4.69) is 62.7 Å². The van der Waals surface area contributed by atoms with Crippen molar-refractivity contribution in [3.05, 3.63) is 82.7 Å². The molecular formula is C39H49NO5S2. The second-order valence-electron chi connectivity index (χ2n) is 12.7. The van der Waals surface area contributed by atoms with Gasteiger partial charge >= 0.3 is 5.97 Å². The zero-order valence-electron chi connectivity index (χ0n) is 28.6. The minimum Gasteiger partial charge on any atom is -0.462 e. The Morgan fingerprint density at radius 2 is 1.79 bits per heavy atom. The van der Waals surface area contributed by atoms with Gasteiger partial charge in [0.2, 0.25) is 6.79 Å². The molecule has 0 spiro atoms. The molecule has 0 fully saturated rings. The summed E-state index contributed by atoms with van der Waals surface area (Å²) in [6.45, 7) is 11.3. The summed E-state index contributed by atoms with van der Waals surface area (Å²) in [4.78, 5) is 17.2. The Hall–Kier alpha value is -3.28. The predicted molar refractivity (Wildman–Crippen MR) is 193 cm³/mol. The van der Waals surface area contributed by atoms with Gasteiger partial charge in [0, 0.05) is 38.5 Å². The lowest BCUT2D eigenvalue weighted by Crippen LogP contribution is -2.22. The maximum atomic E-state index is 12.3. The highest BCUT2D eigenvalue weighted by atomic mass is 32.2. The molecule has 2 atom stereocenters. The highest BCUT2D eigenvalue weighted by Gasteiger charge is 2.27. The van der Waals surface area contributed by atoms with Crippen molar-refractivity contribution in [3.8, 4) is 23.3 Å². The first-order chi connectivity index (χ1) is 22.7. The average molecular weight is 676 g/mol. The van der Waals surface area contributed by atoms with Crippen LogP contribution in [0.2, 0.25) is 0 Å². The standard InChI is InChI=1S/C21H21NO2S.C18H28O3S/c1-4-24-20(23)16-7-9-17(22-14-16)8-5-15-6-10-19-18(13-15)21(2,3)11-12-25-19;1-3-4-5-6-7-8-11-22(19)15(2)12-16-9-10-17-18(13-16)21-14-20-17/h6-7,9-10,13-14H,4,11-12H2,1-3H3;9-10,13,15H,3-8,11-12,14H2,1-2H3. The summed E-state index contributed by atoms with van der Waals surface area (Å²) in [5.74, 6) is 9.52. The Labute approximate surface area is 288 Å². The number of carbonyl (C=O) groups excluding carboxylic acids is 1. The van der Waals surface area contributed by atoms with Gasteiger partial charge in [-0.1, -0.05) is 71.8 Å². The van der Waals surface area contributed by atoms with Gasteiger partial charge in [0.15, 0.2) is 11.5 Å². The molecule has 1 aromatic heterocycles. The molecule has 8 heteroatoms. The number of hydrogen-bond donors (Lipinski definition) is 0. The molecule has 5 rings (SSSR count). The summed E-state index contributed by atoms with van der Waals surface area (Å²) in [6.07, 6.45) is 11.0. The second kappa shape index (κ2) is 18.3. The Bertz CT molecular complexity index is 1560. The van der Waals surface area contributed by atoms with Crippen molar-refractivity contribution >= 4 is 28.5 Å². The highest BCUT2D eigenvalue weighted by Crippen LogP contribution is 2.41. The molecule has 3 aromatic rings. The van der Waals surface area contributed by atoms with Crippen LogP contribution in [0, 0.1) is 11.8 Å². The molecule has 0 N–H and O–H groups in total. The SMILES string of the molecule is CCCCCCCCS(=O)C(C)Cc1ccc2c(c1)OCO2.CCOC(=O)c1ccc(C#Cc2ccc3c(c2)C(C)(C)CCS3)nc1. The van der Waals surface area contributed by atoms with Crippen LogP contribution in [0.3, 0.4) is 0 Å². The molecule has 6 nitrogen and oxygen atoms in total. The normalized spacial score (nSPS) is 15.3. The van der Waals surface area contributed by atoms with Gasteiger partial charge in [-0.25, -0.2) is 9.78 Å². The van der Waals surface area contributed by atoms with Crippen molar-refractivity contribution in [2.75, 3.05) is 24.9 Å². The number of fused-ring (bicyclic) bond motifs is 2. The third-order valence-corrected chi connectivity index (χ3v) is 11.2. The molecule has 47 heavy (non-hydrogen) atoms. The predicted octanol–water partition coefficient (Wildman–Crippen LogP) is 8.89. The van der Waals surface area contributed by atoms with Gasteiger partial charge in [0.25, 0.3) is 0 Å². The summed E-state index contributed by atoms with van der Waals surface area (Å²) in [7, 11) is -0.743. The molecule has 2 aliphatic heterocycles. The Kier molecular flexibility index (Phi) is 14.2. The van der Waals surface area contributed by atoms with E-state index in [1.165, 1.54) is 66.5 Å². The van der Waals surface area contributed by atoms with Crippen LogP contribution in [0.5, 0.6) is 11.5 Å². The fourth-order valence-electron chi connectivity index (χ4n) is 5.47. The lowest BCUT2D eigenvalue weighted by Gasteiger charge is -2.32. The van der Waals surface area contributed by atoms with E-state index < -0.39 is 10.8 Å². The van der Waals surface area contributed by atoms with Crippen LogP contribution in [0.15, 0.2) is 59.6 Å². The lowest BCUT2D eigenvalue weighted by molar-refractivity contribution is 0.0526. The molecule has 252 valence electrons. The number of unbranched alkanes of at least 4 members (excludes halogenated alkanes) is 5. The van der Waals surface area contributed by atoms with E-state index in [0.29, 0.717) is 24.7 Å². The van der Waals surface area contributed by atoms with Crippen LogP contribution in [0.4, 0.5) is 0 Å². The van der Waals surface area contributed by atoms with E-state index in [0.717, 1.165) is 35.7 Å². The Morgan fingerprint density at radius 1 is 1.00 bits per heavy atom. The number of hydrogen-bond acceptors (Lipinski definition) is 7. The molecule has 0 bridgehead atoms. The molecule has 0 aliphatic carbocycles. The maximum absolute atomic E-state index is 12.3. The molecule has 2 aromatic carbocycles. The molecule has 3 heterocycles. The summed E-state index contributed by atoms with van der Waals surface area (Å²) in [5.41, 5.74) is 4.82. The minimum absolute atomic E-state index is 0.191. The number of carbonyl (C=O) groups is 1. The van der Waals surface area contributed by atoms with E-state index in [4.69, 9.17) is 14.2 Å². The molecule has 0 saturated carbocycles. The zero-order chi connectivity index (χ0) is 33.6. The monoisotopic (exact) mass is 675 g/mol. The van der Waals surface area contributed by atoms with Crippen LogP contribution >= 0.6 is 11.8 Å². The van der Waals surface area contributed by atoms with Crippen LogP contribution in [-0.4, -0.2) is 45.3 Å². The van der Waals surface area contributed by atoms with Gasteiger partial charge in [-0.2, -0.15) is 0 Å². The smallest absolute Gasteiger partial charge is 0.339 e. The minimum atomic E-state index is -0.743. The van der Waals surface area contributed by atoms with Crippen LogP contribution in [0.1, 0.15) is 112 Å². The first kappa shape index (κ1) is 36.6. The number of ether oxygens (including phenoxy) is 3. The molecule has 0 saturated heterocycles. The van der Waals surface area contributed by atoms with Crippen LogP contribution in [0.25, 0.3) is 0 Å². The molecule has 2 unspecified atom stereocenters. The fourth-order valence-corrected chi connectivity index (χ4v) is 8.23. The van der Waals surface area contributed by atoms with Crippen molar-refractivity contribution in [3.63, 3.8) is 0 Å². The third kappa shape index (κ3) is 11.1. The van der Waals surface area contributed by atoms with E-state index in [1.807, 2.05) is 30.0 Å². The highest BCUT2D eigenvalue weighted by molar-refractivity contribution is 7.99. The molecule has 0 amide bonds. The fraction of sp³-hybridized carbons (Fsp3) is 0.487. The number of pyridine rings is 1. The van der Waals surface area contributed by atoms with Crippen molar-refractivity contribution in [1.29, 1.82) is 0 Å². The number of aromatic nitrogens is 1. The topological polar surface area (TPSA) is 74.7 Å². The number of esters is 1.